The molecule has 0 bridgehead atoms. The maximum absolute atomic E-state index is 14.1. The van der Waals surface area contributed by atoms with E-state index in [0.717, 1.165) is 5.39 Å². The summed E-state index contributed by atoms with van der Waals surface area (Å²) < 4.78 is 17.1. The summed E-state index contributed by atoms with van der Waals surface area (Å²) in [6.07, 6.45) is 3.30. The number of fused-ring (bicyclic) bond motifs is 1. The topological polar surface area (TPSA) is 85.1 Å². The molecule has 32 heavy (non-hydrogen) atoms. The average molecular weight is 432 g/mol. The number of benzene rings is 2. The number of rotatable bonds is 6. The highest BCUT2D eigenvalue weighted by atomic mass is 19.1. The van der Waals surface area contributed by atoms with Crippen molar-refractivity contribution in [3.63, 3.8) is 0 Å². The van der Waals surface area contributed by atoms with Gasteiger partial charge in [-0.05, 0) is 42.5 Å². The number of aromatic nitrogens is 2. The predicted molar refractivity (Wildman–Crippen MR) is 121 cm³/mol. The van der Waals surface area contributed by atoms with Gasteiger partial charge in [0.25, 0.3) is 5.56 Å². The summed E-state index contributed by atoms with van der Waals surface area (Å²) in [7, 11) is 0. The first-order valence-corrected chi connectivity index (χ1v) is 10.00. The Labute approximate surface area is 183 Å². The smallest absolute Gasteiger partial charge is 0.275 e. The zero-order valence-corrected chi connectivity index (χ0v) is 17.3. The molecule has 0 radical (unpaired) electrons. The van der Waals surface area contributed by atoms with E-state index in [1.54, 1.807) is 71.6 Å². The normalized spacial score (nSPS) is 10.8. The van der Waals surface area contributed by atoms with Gasteiger partial charge < -0.3 is 19.8 Å². The number of amides is 2. The zero-order valence-electron chi connectivity index (χ0n) is 17.3. The molecule has 0 atom stereocenters. The Kier molecular flexibility index (Phi) is 5.85. The molecule has 0 aliphatic carbocycles. The van der Waals surface area contributed by atoms with Crippen molar-refractivity contribution in [2.24, 2.45) is 0 Å². The van der Waals surface area contributed by atoms with Crippen LogP contribution in [-0.4, -0.2) is 20.9 Å². The second-order valence-corrected chi connectivity index (χ2v) is 7.39. The van der Waals surface area contributed by atoms with Gasteiger partial charge in [0.15, 0.2) is 0 Å². The number of nitrogens with zero attached hydrogens (tertiary/aromatic N) is 2. The fraction of sp³-hybridized carbons (Fsp3) is 0.125. The van der Waals surface area contributed by atoms with Crippen LogP contribution in [0, 0.1) is 5.82 Å². The van der Waals surface area contributed by atoms with Gasteiger partial charge in [-0.2, -0.15) is 0 Å². The van der Waals surface area contributed by atoms with E-state index < -0.39 is 0 Å². The van der Waals surface area contributed by atoms with Crippen molar-refractivity contribution in [3.05, 3.63) is 94.8 Å². The molecule has 162 valence electrons. The Balaban J connectivity index is 1.52. The summed E-state index contributed by atoms with van der Waals surface area (Å²) in [6.45, 7) is 1.45. The molecule has 8 heteroatoms. The largest absolute Gasteiger partial charge is 0.338 e. The highest BCUT2D eigenvalue weighted by Crippen LogP contribution is 2.16. The van der Waals surface area contributed by atoms with Crippen LogP contribution in [0.2, 0.25) is 0 Å². The summed E-state index contributed by atoms with van der Waals surface area (Å²) in [5.74, 6) is -0.892. The molecule has 2 N–H and O–H groups in total. The van der Waals surface area contributed by atoms with E-state index in [-0.39, 0.29) is 36.3 Å². The zero-order chi connectivity index (χ0) is 22.7. The lowest BCUT2D eigenvalue weighted by Gasteiger charge is -2.10. The van der Waals surface area contributed by atoms with Crippen molar-refractivity contribution < 1.29 is 14.0 Å². The second-order valence-electron chi connectivity index (χ2n) is 7.39. The van der Waals surface area contributed by atoms with Gasteiger partial charge in [0, 0.05) is 41.6 Å². The van der Waals surface area contributed by atoms with Crippen LogP contribution in [0.4, 0.5) is 15.8 Å². The maximum atomic E-state index is 14.1. The van der Waals surface area contributed by atoms with Crippen molar-refractivity contribution >= 4 is 34.1 Å². The minimum absolute atomic E-state index is 0.174. The number of anilines is 2. The SMILES string of the molecule is CC(=O)Nc1ccc(NC(=O)Cn2ccc3ccn(Cc4ccccc4F)c3c2=O)cc1. The molecule has 0 spiro atoms. The Morgan fingerprint density at radius 2 is 1.50 bits per heavy atom. The predicted octanol–water partition coefficient (Wildman–Crippen LogP) is 3.59. The Morgan fingerprint density at radius 3 is 2.16 bits per heavy atom. The van der Waals surface area contributed by atoms with Crippen LogP contribution in [-0.2, 0) is 22.7 Å². The van der Waals surface area contributed by atoms with Crippen LogP contribution >= 0.6 is 0 Å². The van der Waals surface area contributed by atoms with Crippen molar-refractivity contribution in [1.82, 2.24) is 9.13 Å². The third kappa shape index (κ3) is 4.59. The molecule has 0 fully saturated rings. The van der Waals surface area contributed by atoms with Crippen molar-refractivity contribution in [3.8, 4) is 0 Å². The van der Waals surface area contributed by atoms with Crippen LogP contribution < -0.4 is 16.2 Å². The molecule has 7 nitrogen and oxygen atoms in total. The number of pyridine rings is 1. The van der Waals surface area contributed by atoms with Gasteiger partial charge in [0.1, 0.15) is 17.9 Å². The Hall–Kier alpha value is -4.20. The highest BCUT2D eigenvalue weighted by Gasteiger charge is 2.12. The monoisotopic (exact) mass is 432 g/mol. The summed E-state index contributed by atoms with van der Waals surface area (Å²) in [5.41, 5.74) is 1.71. The minimum Gasteiger partial charge on any atom is -0.338 e. The van der Waals surface area contributed by atoms with Gasteiger partial charge in [-0.1, -0.05) is 18.2 Å². The van der Waals surface area contributed by atoms with Crippen molar-refractivity contribution in [1.29, 1.82) is 0 Å². The van der Waals surface area contributed by atoms with E-state index in [2.05, 4.69) is 10.6 Å². The molecular weight excluding hydrogens is 411 g/mol. The molecule has 0 unspecified atom stereocenters. The van der Waals surface area contributed by atoms with Crippen LogP contribution in [0.1, 0.15) is 12.5 Å². The Morgan fingerprint density at radius 1 is 0.875 bits per heavy atom. The third-order valence-electron chi connectivity index (χ3n) is 4.99. The molecular formula is C24H21FN4O3. The number of nitrogens with one attached hydrogen (secondary N) is 2. The molecule has 0 saturated carbocycles. The maximum Gasteiger partial charge on any atom is 0.275 e. The average Bonchev–Trinajstić information content (AvgIpc) is 3.16. The number of carbonyl (C=O) groups is 2. The lowest BCUT2D eigenvalue weighted by Crippen LogP contribution is -2.28. The molecule has 0 aliphatic rings. The van der Waals surface area contributed by atoms with Gasteiger partial charge in [-0.25, -0.2) is 4.39 Å². The standard InChI is InChI=1S/C24H21FN4O3/c1-16(30)26-19-6-8-20(9-7-19)27-22(31)15-29-13-11-17-10-12-28(23(17)24(29)32)14-18-4-2-3-5-21(18)25/h2-13H,14-15H2,1H3,(H,26,30)(H,27,31). The molecule has 2 aromatic heterocycles. The summed E-state index contributed by atoms with van der Waals surface area (Å²) in [6, 6.07) is 16.6. The van der Waals surface area contributed by atoms with E-state index in [4.69, 9.17) is 0 Å². The third-order valence-corrected chi connectivity index (χ3v) is 4.99. The molecule has 4 rings (SSSR count). The Bertz CT molecular complexity index is 1360. The van der Waals surface area contributed by atoms with Crippen molar-refractivity contribution in [2.45, 2.75) is 20.0 Å². The van der Waals surface area contributed by atoms with E-state index >= 15 is 0 Å². The number of halogens is 1. The summed E-state index contributed by atoms with van der Waals surface area (Å²) >= 11 is 0. The first-order chi connectivity index (χ1) is 15.4. The van der Waals surface area contributed by atoms with E-state index in [0.29, 0.717) is 22.5 Å². The molecule has 4 aromatic rings. The molecule has 2 amide bonds. The second kappa shape index (κ2) is 8.89. The highest BCUT2D eigenvalue weighted by molar-refractivity contribution is 5.92. The first-order valence-electron chi connectivity index (χ1n) is 10.00. The lowest BCUT2D eigenvalue weighted by molar-refractivity contribution is -0.117. The lowest BCUT2D eigenvalue weighted by atomic mass is 10.2. The van der Waals surface area contributed by atoms with E-state index in [1.165, 1.54) is 17.6 Å². The fourth-order valence-corrected chi connectivity index (χ4v) is 3.51. The van der Waals surface area contributed by atoms with Gasteiger partial charge in [-0.3, -0.25) is 14.4 Å². The van der Waals surface area contributed by atoms with Crippen LogP contribution in [0.3, 0.4) is 0 Å². The van der Waals surface area contributed by atoms with Gasteiger partial charge in [0.05, 0.1) is 6.54 Å². The summed E-state index contributed by atoms with van der Waals surface area (Å²) in [5, 5.41) is 6.10. The fourth-order valence-electron chi connectivity index (χ4n) is 3.51. The quantitative estimate of drug-likeness (QED) is 0.488. The van der Waals surface area contributed by atoms with E-state index in [1.807, 2.05) is 0 Å². The number of hydrogen-bond donors (Lipinski definition) is 2. The molecule has 0 aliphatic heterocycles. The number of carbonyl (C=O) groups excluding carboxylic acids is 2. The minimum atomic E-state index is -0.370. The van der Waals surface area contributed by atoms with E-state index in [9.17, 15) is 18.8 Å². The van der Waals surface area contributed by atoms with Crippen LogP contribution in [0.5, 0.6) is 0 Å². The first kappa shape index (κ1) is 21.0. The molecule has 2 heterocycles. The van der Waals surface area contributed by atoms with Crippen LogP contribution in [0.25, 0.3) is 10.9 Å². The number of hydrogen-bond acceptors (Lipinski definition) is 3. The van der Waals surface area contributed by atoms with Gasteiger partial charge in [-0.15, -0.1) is 0 Å². The van der Waals surface area contributed by atoms with Gasteiger partial charge in [0.2, 0.25) is 11.8 Å². The summed E-state index contributed by atoms with van der Waals surface area (Å²) in [4.78, 5) is 36.6. The van der Waals surface area contributed by atoms with Crippen LogP contribution in [0.15, 0.2) is 77.9 Å². The van der Waals surface area contributed by atoms with Gasteiger partial charge >= 0.3 is 0 Å². The van der Waals surface area contributed by atoms with Crippen molar-refractivity contribution in [2.75, 3.05) is 10.6 Å². The molecule has 0 saturated heterocycles. The molecule has 2 aromatic carbocycles.